The zero-order valence-corrected chi connectivity index (χ0v) is 22.3. The molecule has 0 aliphatic carbocycles. The molecule has 0 atom stereocenters. The first-order chi connectivity index (χ1) is 18.1. The Hall–Kier alpha value is -3.39. The number of carboxylic acid groups (broad SMARTS) is 1. The van der Waals surface area contributed by atoms with E-state index in [9.17, 15) is 23.5 Å². The van der Waals surface area contributed by atoms with Crippen LogP contribution in [0.2, 0.25) is 0 Å². The van der Waals surface area contributed by atoms with E-state index in [1.807, 2.05) is 25.6 Å². The third kappa shape index (κ3) is 6.72. The van der Waals surface area contributed by atoms with Crippen molar-refractivity contribution in [1.82, 2.24) is 5.32 Å². The lowest BCUT2D eigenvalue weighted by Gasteiger charge is -2.39. The maximum absolute atomic E-state index is 14.0. The van der Waals surface area contributed by atoms with Gasteiger partial charge in [0.15, 0.2) is 11.6 Å². The number of amides is 1. The number of hydrogen-bond acceptors (Lipinski definition) is 4. The van der Waals surface area contributed by atoms with Crippen LogP contribution < -0.4 is 10.1 Å². The van der Waals surface area contributed by atoms with E-state index in [0.717, 1.165) is 59.2 Å². The summed E-state index contributed by atoms with van der Waals surface area (Å²) in [5, 5.41) is 12.5. The molecular weight excluding hydrogens is 508 g/mol. The summed E-state index contributed by atoms with van der Waals surface area (Å²) in [4.78, 5) is 25.1. The summed E-state index contributed by atoms with van der Waals surface area (Å²) >= 11 is 1.86. The lowest BCUT2D eigenvalue weighted by atomic mass is 9.82. The Kier molecular flexibility index (Phi) is 8.72. The first-order valence-electron chi connectivity index (χ1n) is 12.6. The molecule has 8 heteroatoms. The molecule has 1 saturated heterocycles. The number of carboxylic acids is 1. The highest BCUT2D eigenvalue weighted by Gasteiger charge is 2.36. The van der Waals surface area contributed by atoms with Gasteiger partial charge in [0.25, 0.3) is 5.91 Å². The normalized spacial score (nSPS) is 14.6. The van der Waals surface area contributed by atoms with Crippen molar-refractivity contribution < 1.29 is 28.2 Å². The van der Waals surface area contributed by atoms with E-state index >= 15 is 0 Å². The van der Waals surface area contributed by atoms with Crippen molar-refractivity contribution >= 4 is 23.6 Å². The molecule has 1 amide bonds. The number of carbonyl (C=O) groups is 2. The number of hydrogen-bond donors (Lipinski definition) is 2. The van der Waals surface area contributed by atoms with Crippen molar-refractivity contribution in [3.63, 3.8) is 0 Å². The van der Waals surface area contributed by atoms with Crippen LogP contribution in [0.4, 0.5) is 8.78 Å². The fourth-order valence-electron chi connectivity index (χ4n) is 4.87. The summed E-state index contributed by atoms with van der Waals surface area (Å²) < 4.78 is 33.1. The highest BCUT2D eigenvalue weighted by atomic mass is 32.2. The topological polar surface area (TPSA) is 75.6 Å². The molecule has 5 nitrogen and oxygen atoms in total. The highest BCUT2D eigenvalue weighted by molar-refractivity contribution is 7.99. The molecule has 200 valence electrons. The van der Waals surface area contributed by atoms with E-state index in [1.54, 1.807) is 18.2 Å². The van der Waals surface area contributed by atoms with Crippen LogP contribution in [0.1, 0.15) is 57.4 Å². The standard InChI is InChI=1S/C30H31F2NO4S/c1-19-13-20(2)15-23(14-19)30(9-11-38-12-10-30)33-29(36)25-16-21(3-4-22(25)5-8-28(34)35)18-37-27-17-24(31)6-7-26(27)32/h3-4,6-7,13-17H,5,8-12,18H2,1-2H3,(H,33,36)(H,34,35). The number of carbonyl (C=O) groups excluding carboxylic acids is 1. The lowest BCUT2D eigenvalue weighted by molar-refractivity contribution is -0.136. The number of aryl methyl sites for hydroxylation is 3. The van der Waals surface area contributed by atoms with E-state index in [4.69, 9.17) is 4.74 Å². The molecule has 0 spiro atoms. The van der Waals surface area contributed by atoms with Crippen LogP contribution in [0, 0.1) is 25.5 Å². The van der Waals surface area contributed by atoms with Crippen LogP contribution >= 0.6 is 11.8 Å². The fourth-order valence-corrected chi connectivity index (χ4v) is 6.06. The Labute approximate surface area is 225 Å². The largest absolute Gasteiger partial charge is 0.486 e. The fraction of sp³-hybridized carbons (Fsp3) is 0.333. The smallest absolute Gasteiger partial charge is 0.303 e. The summed E-state index contributed by atoms with van der Waals surface area (Å²) in [7, 11) is 0. The third-order valence-electron chi connectivity index (χ3n) is 6.79. The molecule has 0 aromatic heterocycles. The van der Waals surface area contributed by atoms with E-state index in [0.29, 0.717) is 16.7 Å². The van der Waals surface area contributed by atoms with Crippen LogP contribution in [-0.2, 0) is 23.4 Å². The van der Waals surface area contributed by atoms with E-state index in [-0.39, 0.29) is 31.1 Å². The van der Waals surface area contributed by atoms with Gasteiger partial charge in [-0.2, -0.15) is 11.8 Å². The van der Waals surface area contributed by atoms with Crippen LogP contribution in [0.15, 0.2) is 54.6 Å². The Balaban J connectivity index is 1.65. The minimum absolute atomic E-state index is 0.0846. The van der Waals surface area contributed by atoms with Crippen molar-refractivity contribution in [1.29, 1.82) is 0 Å². The Morgan fingerprint density at radius 3 is 2.39 bits per heavy atom. The Bertz CT molecular complexity index is 1320. The summed E-state index contributed by atoms with van der Waals surface area (Å²) in [5.74, 6) is -0.963. The zero-order chi connectivity index (χ0) is 27.3. The third-order valence-corrected chi connectivity index (χ3v) is 7.77. The van der Waals surface area contributed by atoms with Gasteiger partial charge in [0.1, 0.15) is 12.4 Å². The molecule has 0 saturated carbocycles. The van der Waals surface area contributed by atoms with Crippen LogP contribution in [0.25, 0.3) is 0 Å². The Morgan fingerprint density at radius 1 is 1.00 bits per heavy atom. The van der Waals surface area contributed by atoms with Gasteiger partial charge >= 0.3 is 5.97 Å². The number of thioether (sulfide) groups is 1. The van der Waals surface area contributed by atoms with Crippen molar-refractivity contribution in [3.05, 3.63) is 99.6 Å². The monoisotopic (exact) mass is 539 g/mol. The predicted molar refractivity (Wildman–Crippen MR) is 145 cm³/mol. The molecule has 0 bridgehead atoms. The Morgan fingerprint density at radius 2 is 1.71 bits per heavy atom. The van der Waals surface area contributed by atoms with Gasteiger partial charge in [0.05, 0.1) is 5.54 Å². The maximum atomic E-state index is 14.0. The van der Waals surface area contributed by atoms with E-state index < -0.39 is 23.1 Å². The van der Waals surface area contributed by atoms with Gasteiger partial charge in [-0.15, -0.1) is 0 Å². The quantitative estimate of drug-likeness (QED) is 0.332. The average Bonchev–Trinajstić information content (AvgIpc) is 2.88. The van der Waals surface area contributed by atoms with Gasteiger partial charge in [-0.05, 0) is 79.5 Å². The summed E-state index contributed by atoms with van der Waals surface area (Å²) in [6.45, 7) is 4.00. The molecule has 3 aromatic rings. The van der Waals surface area contributed by atoms with E-state index in [1.165, 1.54) is 0 Å². The summed E-state index contributed by atoms with van der Waals surface area (Å²) in [6.07, 6.45) is 1.62. The van der Waals surface area contributed by atoms with Gasteiger partial charge < -0.3 is 15.2 Å². The minimum Gasteiger partial charge on any atom is -0.486 e. The second kappa shape index (κ2) is 12.0. The molecule has 0 unspecified atom stereocenters. The molecule has 1 heterocycles. The van der Waals surface area contributed by atoms with Crippen molar-refractivity contribution in [3.8, 4) is 5.75 Å². The molecular formula is C30H31F2NO4S. The van der Waals surface area contributed by atoms with Crippen LogP contribution in [0.5, 0.6) is 5.75 Å². The average molecular weight is 540 g/mol. The molecule has 1 aliphatic heterocycles. The molecule has 2 N–H and O–H groups in total. The summed E-state index contributed by atoms with van der Waals surface area (Å²) in [6, 6.07) is 14.4. The first kappa shape index (κ1) is 27.6. The minimum atomic E-state index is -0.957. The second-order valence-corrected chi connectivity index (χ2v) is 11.0. The summed E-state index contributed by atoms with van der Waals surface area (Å²) in [5.41, 5.74) is 4.31. The SMILES string of the molecule is Cc1cc(C)cc(C2(NC(=O)c3cc(COc4cc(F)ccc4F)ccc3CCC(=O)O)CCSCC2)c1. The van der Waals surface area contributed by atoms with Crippen molar-refractivity contribution in [2.75, 3.05) is 11.5 Å². The van der Waals surface area contributed by atoms with Gasteiger partial charge in [-0.25, -0.2) is 8.78 Å². The van der Waals surface area contributed by atoms with Crippen molar-refractivity contribution in [2.24, 2.45) is 0 Å². The molecule has 4 rings (SSSR count). The van der Waals surface area contributed by atoms with E-state index in [2.05, 4.69) is 23.5 Å². The number of halogens is 2. The number of aliphatic carboxylic acids is 1. The maximum Gasteiger partial charge on any atom is 0.303 e. The highest BCUT2D eigenvalue weighted by Crippen LogP contribution is 2.37. The molecule has 38 heavy (non-hydrogen) atoms. The van der Waals surface area contributed by atoms with Crippen LogP contribution in [-0.4, -0.2) is 28.5 Å². The molecule has 0 radical (unpaired) electrons. The second-order valence-electron chi connectivity index (χ2n) is 9.77. The molecule has 3 aromatic carbocycles. The molecule has 1 fully saturated rings. The number of ether oxygens (including phenoxy) is 1. The van der Waals surface area contributed by atoms with Gasteiger partial charge in [-0.1, -0.05) is 41.5 Å². The van der Waals surface area contributed by atoms with Gasteiger partial charge in [-0.3, -0.25) is 9.59 Å². The molecule has 1 aliphatic rings. The predicted octanol–water partition coefficient (Wildman–Crippen LogP) is 6.33. The zero-order valence-electron chi connectivity index (χ0n) is 21.5. The van der Waals surface area contributed by atoms with Crippen molar-refractivity contribution in [2.45, 2.75) is 51.7 Å². The van der Waals surface area contributed by atoms with Gasteiger partial charge in [0, 0.05) is 18.1 Å². The lowest BCUT2D eigenvalue weighted by Crippen LogP contribution is -2.48. The van der Waals surface area contributed by atoms with Gasteiger partial charge in [0.2, 0.25) is 0 Å². The number of benzene rings is 3. The number of rotatable bonds is 9. The number of nitrogens with one attached hydrogen (secondary N) is 1. The first-order valence-corrected chi connectivity index (χ1v) is 13.7. The van der Waals surface area contributed by atoms with Crippen LogP contribution in [0.3, 0.4) is 0 Å².